The number of carbonyl (C=O) groups excluding carboxylic acids is 2. The zero-order chi connectivity index (χ0) is 25.1. The number of sulfonamides is 1. The Bertz CT molecular complexity index is 1160. The molecule has 0 saturated carbocycles. The van der Waals surface area contributed by atoms with E-state index in [0.717, 1.165) is 10.6 Å². The molecular weight excluding hydrogens is 556 g/mol. The second-order valence-electron chi connectivity index (χ2n) is 7.00. The summed E-state index contributed by atoms with van der Waals surface area (Å²) in [5.74, 6) is -1.17. The average molecular weight is 576 g/mol. The van der Waals surface area contributed by atoms with Crippen molar-refractivity contribution in [1.29, 1.82) is 0 Å². The predicted octanol–water partition coefficient (Wildman–Crippen LogP) is 4.88. The van der Waals surface area contributed by atoms with E-state index in [1.807, 2.05) is 0 Å². The van der Waals surface area contributed by atoms with Crippen molar-refractivity contribution in [2.24, 2.45) is 0 Å². The van der Waals surface area contributed by atoms with Crippen LogP contribution in [0.4, 0.5) is 5.69 Å². The molecule has 1 atom stereocenters. The lowest BCUT2D eigenvalue weighted by molar-refractivity contribution is -0.139. The SMILES string of the molecule is CNC(=O)[C@H](C)N(Cc1c(Cl)cccc1Cl)C(=O)CN(c1cc(Cl)c(Cl)cc1Cl)S(C)(=O)=O. The quantitative estimate of drug-likeness (QED) is 0.455. The monoisotopic (exact) mass is 573 g/mol. The van der Waals surface area contributed by atoms with Gasteiger partial charge in [-0.15, -0.1) is 0 Å². The van der Waals surface area contributed by atoms with Crippen molar-refractivity contribution < 1.29 is 18.0 Å². The summed E-state index contributed by atoms with van der Waals surface area (Å²) < 4.78 is 25.9. The molecule has 1 N–H and O–H groups in total. The molecule has 0 aromatic heterocycles. The first kappa shape index (κ1) is 27.8. The number of carbonyl (C=O) groups is 2. The fourth-order valence-electron chi connectivity index (χ4n) is 2.94. The highest BCUT2D eigenvalue weighted by atomic mass is 35.5. The third-order valence-corrected chi connectivity index (χ3v) is 7.60. The number of anilines is 1. The van der Waals surface area contributed by atoms with E-state index in [1.165, 1.54) is 31.0 Å². The van der Waals surface area contributed by atoms with Crippen molar-refractivity contribution >= 4 is 85.5 Å². The zero-order valence-electron chi connectivity index (χ0n) is 17.7. The van der Waals surface area contributed by atoms with Crippen molar-refractivity contribution in [2.45, 2.75) is 19.5 Å². The highest BCUT2D eigenvalue weighted by Gasteiger charge is 2.31. The van der Waals surface area contributed by atoms with Crippen LogP contribution >= 0.6 is 58.0 Å². The summed E-state index contributed by atoms with van der Waals surface area (Å²) in [5, 5.41) is 3.19. The molecule has 0 aliphatic heterocycles. The second kappa shape index (κ2) is 11.3. The molecule has 0 aliphatic carbocycles. The molecule has 0 heterocycles. The lowest BCUT2D eigenvalue weighted by Gasteiger charge is -2.32. The number of hydrogen-bond acceptors (Lipinski definition) is 4. The van der Waals surface area contributed by atoms with E-state index >= 15 is 0 Å². The highest BCUT2D eigenvalue weighted by molar-refractivity contribution is 7.92. The van der Waals surface area contributed by atoms with Gasteiger partial charge in [0.2, 0.25) is 21.8 Å². The van der Waals surface area contributed by atoms with Gasteiger partial charge in [0, 0.05) is 29.2 Å². The summed E-state index contributed by atoms with van der Waals surface area (Å²) in [6, 6.07) is 6.37. The summed E-state index contributed by atoms with van der Waals surface area (Å²) >= 11 is 30.7. The molecule has 33 heavy (non-hydrogen) atoms. The number of amides is 2. The number of rotatable bonds is 8. The van der Waals surface area contributed by atoms with Crippen molar-refractivity contribution in [3.8, 4) is 0 Å². The lowest BCUT2D eigenvalue weighted by atomic mass is 10.1. The van der Waals surface area contributed by atoms with E-state index in [2.05, 4.69) is 5.32 Å². The Morgan fingerprint density at radius 3 is 2.03 bits per heavy atom. The van der Waals surface area contributed by atoms with Gasteiger partial charge in [0.05, 0.1) is 27.0 Å². The Labute approximate surface area is 217 Å². The predicted molar refractivity (Wildman–Crippen MR) is 134 cm³/mol. The van der Waals surface area contributed by atoms with Crippen molar-refractivity contribution in [1.82, 2.24) is 10.2 Å². The van der Waals surface area contributed by atoms with Crippen LogP contribution < -0.4 is 9.62 Å². The Morgan fingerprint density at radius 1 is 0.970 bits per heavy atom. The molecule has 0 unspecified atom stereocenters. The molecule has 0 spiro atoms. The number of halogens is 5. The van der Waals surface area contributed by atoms with Crippen LogP contribution in [0.3, 0.4) is 0 Å². The molecule has 2 amide bonds. The Kier molecular flexibility index (Phi) is 9.56. The maximum atomic E-state index is 13.4. The standard InChI is InChI=1S/C20H20Cl5N3O4S/c1-11(20(30)26-2)27(9-12-13(21)5-4-6-14(12)22)19(29)10-28(33(3,31)32)18-8-16(24)15(23)7-17(18)25/h4-8,11H,9-10H2,1-3H3,(H,26,30)/t11-/m0/s1. The van der Waals surface area contributed by atoms with Gasteiger partial charge in [-0.2, -0.15) is 0 Å². The first-order valence-electron chi connectivity index (χ1n) is 9.34. The minimum atomic E-state index is -3.99. The number of nitrogens with zero attached hydrogens (tertiary/aromatic N) is 2. The molecule has 2 rings (SSSR count). The first-order chi connectivity index (χ1) is 15.3. The molecule has 13 heteroatoms. The number of nitrogens with one attached hydrogen (secondary N) is 1. The summed E-state index contributed by atoms with van der Waals surface area (Å²) in [5.41, 5.74) is 0.369. The van der Waals surface area contributed by atoms with Crippen LogP contribution in [0.25, 0.3) is 0 Å². The van der Waals surface area contributed by atoms with Gasteiger partial charge in [0.25, 0.3) is 0 Å². The van der Waals surface area contributed by atoms with E-state index in [1.54, 1.807) is 18.2 Å². The fraction of sp³-hybridized carbons (Fsp3) is 0.300. The van der Waals surface area contributed by atoms with Crippen LogP contribution in [0.15, 0.2) is 30.3 Å². The molecule has 2 aromatic carbocycles. The molecule has 2 aromatic rings. The van der Waals surface area contributed by atoms with Crippen LogP contribution in [0.2, 0.25) is 25.1 Å². The van der Waals surface area contributed by atoms with E-state index in [0.29, 0.717) is 5.56 Å². The molecule has 0 saturated heterocycles. The summed E-state index contributed by atoms with van der Waals surface area (Å²) in [7, 11) is -2.57. The summed E-state index contributed by atoms with van der Waals surface area (Å²) in [6.07, 6.45) is 0.913. The Balaban J connectivity index is 2.51. The maximum absolute atomic E-state index is 13.4. The fourth-order valence-corrected chi connectivity index (χ4v) is 5.01. The van der Waals surface area contributed by atoms with Gasteiger partial charge in [-0.3, -0.25) is 13.9 Å². The average Bonchev–Trinajstić information content (AvgIpc) is 2.72. The topological polar surface area (TPSA) is 86.8 Å². The van der Waals surface area contributed by atoms with E-state index in [4.69, 9.17) is 58.0 Å². The van der Waals surface area contributed by atoms with Gasteiger partial charge in [0.1, 0.15) is 12.6 Å². The first-order valence-corrected chi connectivity index (χ1v) is 13.1. The van der Waals surface area contributed by atoms with Crippen LogP contribution in [0.5, 0.6) is 0 Å². The van der Waals surface area contributed by atoms with Gasteiger partial charge in [-0.1, -0.05) is 64.1 Å². The number of hydrogen-bond donors (Lipinski definition) is 1. The van der Waals surface area contributed by atoms with E-state index < -0.39 is 34.4 Å². The summed E-state index contributed by atoms with van der Waals surface area (Å²) in [4.78, 5) is 26.9. The molecule has 0 radical (unpaired) electrons. The molecule has 7 nitrogen and oxygen atoms in total. The smallest absolute Gasteiger partial charge is 0.244 e. The molecule has 0 aliphatic rings. The largest absolute Gasteiger partial charge is 0.357 e. The number of benzene rings is 2. The summed E-state index contributed by atoms with van der Waals surface area (Å²) in [6.45, 7) is 0.691. The normalized spacial score (nSPS) is 12.2. The van der Waals surface area contributed by atoms with E-state index in [9.17, 15) is 18.0 Å². The minimum absolute atomic E-state index is 0.0253. The second-order valence-corrected chi connectivity index (χ2v) is 10.9. The van der Waals surface area contributed by atoms with Crippen molar-refractivity contribution in [3.63, 3.8) is 0 Å². The Hall–Kier alpha value is -1.42. The van der Waals surface area contributed by atoms with Crippen molar-refractivity contribution in [3.05, 3.63) is 61.0 Å². The van der Waals surface area contributed by atoms with Gasteiger partial charge in [0.15, 0.2) is 0 Å². The molecule has 0 fully saturated rings. The lowest BCUT2D eigenvalue weighted by Crippen LogP contribution is -2.50. The van der Waals surface area contributed by atoms with Crippen LogP contribution in [0.1, 0.15) is 12.5 Å². The molecule has 180 valence electrons. The van der Waals surface area contributed by atoms with Crippen LogP contribution in [-0.4, -0.2) is 51.0 Å². The van der Waals surface area contributed by atoms with Gasteiger partial charge in [-0.05, 0) is 31.2 Å². The van der Waals surface area contributed by atoms with Gasteiger partial charge < -0.3 is 10.2 Å². The zero-order valence-corrected chi connectivity index (χ0v) is 22.3. The van der Waals surface area contributed by atoms with Crippen LogP contribution in [0, 0.1) is 0 Å². The maximum Gasteiger partial charge on any atom is 0.244 e. The molecular formula is C20H20Cl5N3O4S. The van der Waals surface area contributed by atoms with Gasteiger partial charge >= 0.3 is 0 Å². The van der Waals surface area contributed by atoms with Crippen LogP contribution in [-0.2, 0) is 26.2 Å². The van der Waals surface area contributed by atoms with Crippen molar-refractivity contribution in [2.75, 3.05) is 24.2 Å². The van der Waals surface area contributed by atoms with Gasteiger partial charge in [-0.25, -0.2) is 8.42 Å². The third-order valence-electron chi connectivity index (χ3n) is 4.74. The molecule has 0 bridgehead atoms. The number of likely N-dealkylation sites (N-methyl/N-ethyl adjacent to an activating group) is 1. The minimum Gasteiger partial charge on any atom is -0.357 e. The third kappa shape index (κ3) is 6.81. The van der Waals surface area contributed by atoms with E-state index in [-0.39, 0.29) is 37.3 Å². The highest BCUT2D eigenvalue weighted by Crippen LogP contribution is 2.36. The Morgan fingerprint density at radius 2 is 1.52 bits per heavy atom.